The zero-order valence-electron chi connectivity index (χ0n) is 14.2. The van der Waals surface area contributed by atoms with Crippen LogP contribution in [0.4, 0.5) is 0 Å². The second-order valence-corrected chi connectivity index (χ2v) is 6.83. The van der Waals surface area contributed by atoms with E-state index in [0.717, 1.165) is 23.8 Å². The number of fused-ring (bicyclic) bond motifs is 1. The van der Waals surface area contributed by atoms with Gasteiger partial charge in [-0.15, -0.1) is 0 Å². The Morgan fingerprint density at radius 2 is 2.12 bits per heavy atom. The molecule has 1 aromatic carbocycles. The average Bonchev–Trinajstić information content (AvgIpc) is 2.87. The number of para-hydroxylation sites is 1. The number of nitrogens with zero attached hydrogens (tertiary/aromatic N) is 1. The molecule has 0 radical (unpaired) electrons. The van der Waals surface area contributed by atoms with Crippen LogP contribution in [0.3, 0.4) is 0 Å². The highest BCUT2D eigenvalue weighted by Crippen LogP contribution is 2.31. The van der Waals surface area contributed by atoms with Gasteiger partial charge in [-0.25, -0.2) is 0 Å². The fourth-order valence-electron chi connectivity index (χ4n) is 3.35. The molecule has 0 bridgehead atoms. The molecule has 7 heteroatoms. The van der Waals surface area contributed by atoms with Gasteiger partial charge in [0.1, 0.15) is 0 Å². The van der Waals surface area contributed by atoms with Crippen molar-refractivity contribution in [3.63, 3.8) is 0 Å². The molecule has 0 atom stereocenters. The number of hydrogen-bond acceptors (Lipinski definition) is 4. The van der Waals surface area contributed by atoms with Crippen LogP contribution >= 0.6 is 11.6 Å². The second-order valence-electron chi connectivity index (χ2n) is 6.43. The van der Waals surface area contributed by atoms with Crippen LogP contribution in [0.1, 0.15) is 35.9 Å². The highest BCUT2D eigenvalue weighted by Gasteiger charge is 2.35. The van der Waals surface area contributed by atoms with Crippen LogP contribution in [-0.2, 0) is 4.79 Å². The lowest BCUT2D eigenvalue weighted by Gasteiger charge is -2.42. The molecule has 1 fully saturated rings. The van der Waals surface area contributed by atoms with Crippen LogP contribution < -0.4 is 5.32 Å². The molecule has 1 saturated carbocycles. The molecule has 0 aliphatic heterocycles. The zero-order chi connectivity index (χ0) is 18.1. The van der Waals surface area contributed by atoms with E-state index < -0.39 is 5.97 Å². The number of carbonyl (C=O) groups is 2. The predicted octanol–water partition coefficient (Wildman–Crippen LogP) is 3.06. The summed E-state index contributed by atoms with van der Waals surface area (Å²) in [7, 11) is 0. The van der Waals surface area contributed by atoms with Crippen molar-refractivity contribution in [1.29, 1.82) is 0 Å². The number of rotatable bonds is 6. The maximum atomic E-state index is 12.5. The van der Waals surface area contributed by atoms with Gasteiger partial charge in [0.2, 0.25) is 0 Å². The number of furan rings is 1. The van der Waals surface area contributed by atoms with Gasteiger partial charge >= 0.3 is 5.97 Å². The Balaban J connectivity index is 1.64. The van der Waals surface area contributed by atoms with Crippen molar-refractivity contribution >= 4 is 34.4 Å². The number of halogens is 1. The number of carboxylic acid groups (broad SMARTS) is 1. The summed E-state index contributed by atoms with van der Waals surface area (Å²) in [6, 6.07) is 5.65. The van der Waals surface area contributed by atoms with Crippen molar-refractivity contribution in [2.45, 2.75) is 38.8 Å². The Morgan fingerprint density at radius 1 is 1.40 bits per heavy atom. The summed E-state index contributed by atoms with van der Waals surface area (Å²) in [5.41, 5.74) is 1.30. The Morgan fingerprint density at radius 3 is 2.72 bits per heavy atom. The number of aliphatic carboxylic acids is 1. The summed E-state index contributed by atoms with van der Waals surface area (Å²) in [6.07, 6.45) is 1.49. The molecule has 2 N–H and O–H groups in total. The number of nitrogens with one attached hydrogen (secondary N) is 1. The standard InChI is InChI=1S/C18H21ClN2O4/c1-3-21(9-15(22)23)12-7-11(8-12)20-18(24)16-10(2)13-5-4-6-14(19)17(13)25-16/h4-6,11-12H,3,7-9H2,1-2H3,(H,20,24)(H,22,23). The van der Waals surface area contributed by atoms with Gasteiger partial charge < -0.3 is 14.8 Å². The fraction of sp³-hybridized carbons (Fsp3) is 0.444. The SMILES string of the molecule is CCN(CC(=O)O)C1CC(NC(=O)c2oc3c(Cl)cccc3c2C)C1. The van der Waals surface area contributed by atoms with E-state index in [1.54, 1.807) is 6.07 Å². The highest BCUT2D eigenvalue weighted by atomic mass is 35.5. The van der Waals surface area contributed by atoms with E-state index in [0.29, 0.717) is 17.2 Å². The van der Waals surface area contributed by atoms with Crippen LogP contribution in [0.2, 0.25) is 5.02 Å². The molecular weight excluding hydrogens is 344 g/mol. The predicted molar refractivity (Wildman–Crippen MR) is 95.1 cm³/mol. The van der Waals surface area contributed by atoms with Crippen molar-refractivity contribution in [3.8, 4) is 0 Å². The van der Waals surface area contributed by atoms with Crippen LogP contribution in [0, 0.1) is 6.92 Å². The Kier molecular flexibility index (Phi) is 5.01. The lowest BCUT2D eigenvalue weighted by Crippen LogP contribution is -2.54. The molecule has 6 nitrogen and oxygen atoms in total. The van der Waals surface area contributed by atoms with Gasteiger partial charge in [0.15, 0.2) is 11.3 Å². The van der Waals surface area contributed by atoms with Crippen LogP contribution in [0.25, 0.3) is 11.0 Å². The van der Waals surface area contributed by atoms with Crippen molar-refractivity contribution in [2.75, 3.05) is 13.1 Å². The van der Waals surface area contributed by atoms with Gasteiger partial charge in [-0.05, 0) is 32.4 Å². The molecule has 2 aromatic rings. The van der Waals surface area contributed by atoms with Crippen molar-refractivity contribution < 1.29 is 19.1 Å². The summed E-state index contributed by atoms with van der Waals surface area (Å²) in [4.78, 5) is 25.3. The molecule has 25 heavy (non-hydrogen) atoms. The summed E-state index contributed by atoms with van der Waals surface area (Å²) in [5, 5.41) is 13.2. The number of hydrogen-bond donors (Lipinski definition) is 2. The molecule has 1 aliphatic rings. The number of aryl methyl sites for hydroxylation is 1. The molecule has 1 amide bonds. The first kappa shape index (κ1) is 17.8. The minimum Gasteiger partial charge on any atom is -0.480 e. The highest BCUT2D eigenvalue weighted by molar-refractivity contribution is 6.35. The molecule has 0 spiro atoms. The quantitative estimate of drug-likeness (QED) is 0.823. The Bertz CT molecular complexity index is 811. The molecule has 134 valence electrons. The monoisotopic (exact) mass is 364 g/mol. The summed E-state index contributed by atoms with van der Waals surface area (Å²) in [6.45, 7) is 4.49. The molecule has 1 aromatic heterocycles. The molecule has 1 heterocycles. The van der Waals surface area contributed by atoms with Gasteiger partial charge in [0.25, 0.3) is 5.91 Å². The van der Waals surface area contributed by atoms with Gasteiger partial charge in [-0.2, -0.15) is 0 Å². The number of benzene rings is 1. The third kappa shape index (κ3) is 3.50. The first-order valence-corrected chi connectivity index (χ1v) is 8.72. The first-order valence-electron chi connectivity index (χ1n) is 8.35. The van der Waals surface area contributed by atoms with Crippen molar-refractivity contribution in [1.82, 2.24) is 10.2 Å². The number of amides is 1. The average molecular weight is 365 g/mol. The lowest BCUT2D eigenvalue weighted by molar-refractivity contribution is -0.139. The summed E-state index contributed by atoms with van der Waals surface area (Å²) < 4.78 is 5.68. The zero-order valence-corrected chi connectivity index (χ0v) is 15.0. The van der Waals surface area contributed by atoms with E-state index in [1.165, 1.54) is 0 Å². The fourth-order valence-corrected chi connectivity index (χ4v) is 3.57. The van der Waals surface area contributed by atoms with Crippen molar-refractivity contribution in [2.24, 2.45) is 0 Å². The topological polar surface area (TPSA) is 82.8 Å². The van der Waals surface area contributed by atoms with E-state index in [9.17, 15) is 9.59 Å². The third-order valence-electron chi connectivity index (χ3n) is 4.83. The minimum absolute atomic E-state index is 0.0308. The smallest absolute Gasteiger partial charge is 0.317 e. The number of likely N-dealkylation sites (N-methyl/N-ethyl adjacent to an activating group) is 1. The van der Waals surface area contributed by atoms with E-state index in [1.807, 2.05) is 30.9 Å². The largest absolute Gasteiger partial charge is 0.480 e. The third-order valence-corrected chi connectivity index (χ3v) is 5.13. The van der Waals surface area contributed by atoms with Gasteiger partial charge in [-0.3, -0.25) is 14.5 Å². The van der Waals surface area contributed by atoms with Gasteiger partial charge in [0, 0.05) is 23.0 Å². The molecule has 0 saturated heterocycles. The van der Waals surface area contributed by atoms with Crippen LogP contribution in [0.15, 0.2) is 22.6 Å². The minimum atomic E-state index is -0.830. The van der Waals surface area contributed by atoms with E-state index in [2.05, 4.69) is 5.32 Å². The first-order chi connectivity index (χ1) is 11.9. The molecule has 3 rings (SSSR count). The normalized spacial score (nSPS) is 19.8. The number of carbonyl (C=O) groups excluding carboxylic acids is 1. The summed E-state index contributed by atoms with van der Waals surface area (Å²) >= 11 is 6.12. The number of carboxylic acids is 1. The Labute approximate surface area is 150 Å². The maximum Gasteiger partial charge on any atom is 0.317 e. The van der Waals surface area contributed by atoms with E-state index in [-0.39, 0.29) is 30.3 Å². The van der Waals surface area contributed by atoms with Gasteiger partial charge in [-0.1, -0.05) is 30.7 Å². The Hall–Kier alpha value is -2.05. The van der Waals surface area contributed by atoms with Crippen LogP contribution in [0.5, 0.6) is 0 Å². The van der Waals surface area contributed by atoms with Crippen LogP contribution in [-0.4, -0.2) is 47.1 Å². The van der Waals surface area contributed by atoms with E-state index in [4.69, 9.17) is 21.1 Å². The molecule has 1 aliphatic carbocycles. The van der Waals surface area contributed by atoms with Crippen molar-refractivity contribution in [3.05, 3.63) is 34.5 Å². The van der Waals surface area contributed by atoms with E-state index >= 15 is 0 Å². The molecule has 0 unspecified atom stereocenters. The second kappa shape index (κ2) is 7.06. The maximum absolute atomic E-state index is 12.5. The molecular formula is C18H21ClN2O4. The van der Waals surface area contributed by atoms with Gasteiger partial charge in [0.05, 0.1) is 11.6 Å². The summed E-state index contributed by atoms with van der Waals surface area (Å²) in [5.74, 6) is -0.803. The lowest BCUT2D eigenvalue weighted by atomic mass is 9.85.